The van der Waals surface area contributed by atoms with Gasteiger partial charge in [0.25, 0.3) is 0 Å². The lowest BCUT2D eigenvalue weighted by atomic mass is 10.0. The Kier molecular flexibility index (Phi) is 8.04. The highest BCUT2D eigenvalue weighted by atomic mass is 35.5. The van der Waals surface area contributed by atoms with Crippen LogP contribution < -0.4 is 11.1 Å². The Balaban J connectivity index is 0.00000220. The van der Waals surface area contributed by atoms with Gasteiger partial charge < -0.3 is 16.0 Å². The van der Waals surface area contributed by atoms with Gasteiger partial charge >= 0.3 is 0 Å². The lowest BCUT2D eigenvalue weighted by Crippen LogP contribution is -2.46. The van der Waals surface area contributed by atoms with E-state index < -0.39 is 0 Å². The van der Waals surface area contributed by atoms with Crippen LogP contribution in [-0.2, 0) is 9.59 Å². The third-order valence-electron chi connectivity index (χ3n) is 4.56. The van der Waals surface area contributed by atoms with E-state index in [0.717, 1.165) is 51.5 Å². The largest absolute Gasteiger partial charge is 0.352 e. The molecule has 2 atom stereocenters. The number of amides is 2. The van der Waals surface area contributed by atoms with Gasteiger partial charge in [0.1, 0.15) is 0 Å². The first-order valence-electron chi connectivity index (χ1n) is 7.98. The molecule has 3 N–H and O–H groups in total. The van der Waals surface area contributed by atoms with Crippen molar-refractivity contribution in [3.63, 3.8) is 0 Å². The van der Waals surface area contributed by atoms with Gasteiger partial charge in [0.15, 0.2) is 0 Å². The van der Waals surface area contributed by atoms with Crippen LogP contribution in [0.3, 0.4) is 0 Å². The summed E-state index contributed by atoms with van der Waals surface area (Å²) in [5, 5.41) is 3.07. The molecule has 6 heteroatoms. The van der Waals surface area contributed by atoms with Gasteiger partial charge in [-0.3, -0.25) is 9.59 Å². The molecule has 2 amide bonds. The van der Waals surface area contributed by atoms with Gasteiger partial charge in [0.2, 0.25) is 11.8 Å². The monoisotopic (exact) mass is 317 g/mol. The fourth-order valence-electron chi connectivity index (χ4n) is 3.32. The highest BCUT2D eigenvalue weighted by Crippen LogP contribution is 2.24. The molecule has 5 nitrogen and oxygen atoms in total. The van der Waals surface area contributed by atoms with E-state index in [1.54, 1.807) is 4.90 Å². The van der Waals surface area contributed by atoms with Gasteiger partial charge in [-0.1, -0.05) is 19.3 Å². The molecule has 1 saturated carbocycles. The number of carbonyl (C=O) groups excluding carboxylic acids is 2. The Morgan fingerprint density at radius 1 is 1.19 bits per heavy atom. The predicted octanol–water partition coefficient (Wildman–Crippen LogP) is 1.44. The molecular formula is C15H28ClN3O2. The molecule has 122 valence electrons. The van der Waals surface area contributed by atoms with Gasteiger partial charge in [-0.05, 0) is 38.1 Å². The molecule has 1 aliphatic heterocycles. The summed E-state index contributed by atoms with van der Waals surface area (Å²) in [7, 11) is 0. The van der Waals surface area contributed by atoms with Crippen LogP contribution in [0.1, 0.15) is 51.4 Å². The first-order chi connectivity index (χ1) is 9.70. The summed E-state index contributed by atoms with van der Waals surface area (Å²) in [6, 6.07) is 0.206. The fourth-order valence-corrected chi connectivity index (χ4v) is 3.32. The molecule has 21 heavy (non-hydrogen) atoms. The van der Waals surface area contributed by atoms with Crippen molar-refractivity contribution in [1.82, 2.24) is 10.2 Å². The SMILES string of the molecule is Cl.NCC1CCCC1NC(=O)CN1CCCCCCC1=O. The molecule has 2 fully saturated rings. The van der Waals surface area contributed by atoms with E-state index >= 15 is 0 Å². The van der Waals surface area contributed by atoms with Crippen molar-refractivity contribution in [2.45, 2.75) is 57.4 Å². The highest BCUT2D eigenvalue weighted by Gasteiger charge is 2.28. The van der Waals surface area contributed by atoms with Crippen LogP contribution >= 0.6 is 12.4 Å². The number of rotatable bonds is 4. The summed E-state index contributed by atoms with van der Waals surface area (Å²) in [4.78, 5) is 25.8. The van der Waals surface area contributed by atoms with Gasteiger partial charge in [0, 0.05) is 19.0 Å². The molecular weight excluding hydrogens is 290 g/mol. The first-order valence-corrected chi connectivity index (χ1v) is 7.98. The van der Waals surface area contributed by atoms with Crippen molar-refractivity contribution in [3.05, 3.63) is 0 Å². The number of halogens is 1. The number of likely N-dealkylation sites (tertiary alicyclic amines) is 1. The zero-order valence-corrected chi connectivity index (χ0v) is 13.5. The van der Waals surface area contributed by atoms with Gasteiger partial charge in [-0.15, -0.1) is 12.4 Å². The fraction of sp³-hybridized carbons (Fsp3) is 0.867. The maximum Gasteiger partial charge on any atom is 0.239 e. The molecule has 1 heterocycles. The normalized spacial score (nSPS) is 26.7. The molecule has 0 bridgehead atoms. The Labute approximate surface area is 133 Å². The Morgan fingerprint density at radius 3 is 2.71 bits per heavy atom. The van der Waals surface area contributed by atoms with Crippen LogP contribution in [0, 0.1) is 5.92 Å². The van der Waals surface area contributed by atoms with Crippen molar-refractivity contribution in [2.75, 3.05) is 19.6 Å². The molecule has 2 aliphatic rings. The smallest absolute Gasteiger partial charge is 0.239 e. The second kappa shape index (κ2) is 9.26. The number of hydrogen-bond donors (Lipinski definition) is 2. The van der Waals surface area contributed by atoms with Crippen molar-refractivity contribution < 1.29 is 9.59 Å². The van der Waals surface area contributed by atoms with Gasteiger partial charge in [-0.25, -0.2) is 0 Å². The lowest BCUT2D eigenvalue weighted by Gasteiger charge is -2.26. The number of nitrogens with zero attached hydrogens (tertiary/aromatic N) is 1. The van der Waals surface area contributed by atoms with Crippen molar-refractivity contribution in [2.24, 2.45) is 11.7 Å². The number of hydrogen-bond acceptors (Lipinski definition) is 3. The minimum absolute atomic E-state index is 0. The highest BCUT2D eigenvalue weighted by molar-refractivity contribution is 5.85. The van der Waals surface area contributed by atoms with Crippen LogP contribution in [0.15, 0.2) is 0 Å². The summed E-state index contributed by atoms with van der Waals surface area (Å²) < 4.78 is 0. The van der Waals surface area contributed by atoms with Crippen molar-refractivity contribution >= 4 is 24.2 Å². The van der Waals surface area contributed by atoms with Crippen LogP contribution in [0.2, 0.25) is 0 Å². The van der Waals surface area contributed by atoms with Crippen LogP contribution in [0.5, 0.6) is 0 Å². The Bertz CT molecular complexity index is 352. The molecule has 1 saturated heterocycles. The molecule has 0 radical (unpaired) electrons. The third kappa shape index (κ3) is 5.47. The number of carbonyl (C=O) groups is 2. The molecule has 0 aromatic heterocycles. The van der Waals surface area contributed by atoms with E-state index in [1.165, 1.54) is 0 Å². The summed E-state index contributed by atoms with van der Waals surface area (Å²) in [5.74, 6) is 0.507. The van der Waals surface area contributed by atoms with E-state index in [4.69, 9.17) is 5.73 Å². The summed E-state index contributed by atoms with van der Waals surface area (Å²) in [6.07, 6.45) is 8.08. The van der Waals surface area contributed by atoms with E-state index in [1.807, 2.05) is 0 Å². The van der Waals surface area contributed by atoms with E-state index in [-0.39, 0.29) is 36.8 Å². The first kappa shape index (κ1) is 18.2. The molecule has 2 unspecified atom stereocenters. The topological polar surface area (TPSA) is 75.4 Å². The number of nitrogens with one attached hydrogen (secondary N) is 1. The molecule has 0 aromatic carbocycles. The summed E-state index contributed by atoms with van der Waals surface area (Å²) in [5.41, 5.74) is 5.73. The minimum atomic E-state index is -0.0238. The molecule has 0 spiro atoms. The van der Waals surface area contributed by atoms with Crippen LogP contribution in [-0.4, -0.2) is 42.4 Å². The average Bonchev–Trinajstić information content (AvgIpc) is 2.85. The second-order valence-corrected chi connectivity index (χ2v) is 6.08. The van der Waals surface area contributed by atoms with Crippen molar-refractivity contribution in [3.8, 4) is 0 Å². The molecule has 1 aliphatic carbocycles. The third-order valence-corrected chi connectivity index (χ3v) is 4.56. The lowest BCUT2D eigenvalue weighted by molar-refractivity contribution is -0.136. The zero-order chi connectivity index (χ0) is 14.4. The zero-order valence-electron chi connectivity index (χ0n) is 12.7. The summed E-state index contributed by atoms with van der Waals surface area (Å²) in [6.45, 7) is 1.57. The van der Waals surface area contributed by atoms with Gasteiger partial charge in [-0.2, -0.15) is 0 Å². The number of nitrogens with two attached hydrogens (primary N) is 1. The standard InChI is InChI=1S/C15H27N3O2.ClH/c16-10-12-6-5-7-13(12)17-14(19)11-18-9-4-2-1-3-8-15(18)20;/h12-13H,1-11,16H2,(H,17,19);1H. The second-order valence-electron chi connectivity index (χ2n) is 6.08. The average molecular weight is 318 g/mol. The van der Waals surface area contributed by atoms with E-state index in [9.17, 15) is 9.59 Å². The Hall–Kier alpha value is -0.810. The molecule has 2 rings (SSSR count). The quantitative estimate of drug-likeness (QED) is 0.824. The summed E-state index contributed by atoms with van der Waals surface area (Å²) >= 11 is 0. The van der Waals surface area contributed by atoms with E-state index in [0.29, 0.717) is 18.9 Å². The maximum absolute atomic E-state index is 12.1. The van der Waals surface area contributed by atoms with Gasteiger partial charge in [0.05, 0.1) is 6.54 Å². The predicted molar refractivity (Wildman–Crippen MR) is 85.2 cm³/mol. The van der Waals surface area contributed by atoms with Crippen LogP contribution in [0.25, 0.3) is 0 Å². The Morgan fingerprint density at radius 2 is 1.95 bits per heavy atom. The maximum atomic E-state index is 12.1. The van der Waals surface area contributed by atoms with Crippen LogP contribution in [0.4, 0.5) is 0 Å². The molecule has 0 aromatic rings. The van der Waals surface area contributed by atoms with E-state index in [2.05, 4.69) is 5.32 Å². The van der Waals surface area contributed by atoms with Crippen molar-refractivity contribution in [1.29, 1.82) is 0 Å². The minimum Gasteiger partial charge on any atom is -0.352 e.